The summed E-state index contributed by atoms with van der Waals surface area (Å²) in [6.07, 6.45) is 1.20. The molecule has 1 aliphatic rings. The Morgan fingerprint density at radius 3 is 2.88 bits per heavy atom. The number of nitrogens with zero attached hydrogens (tertiary/aromatic N) is 1. The van der Waals surface area contributed by atoms with Gasteiger partial charge in [0.1, 0.15) is 0 Å². The van der Waals surface area contributed by atoms with Crippen molar-refractivity contribution in [1.29, 1.82) is 0 Å². The monoisotopic (exact) mass is 237 g/mol. The van der Waals surface area contributed by atoms with Crippen LogP contribution in [0.25, 0.3) is 0 Å². The smallest absolute Gasteiger partial charge is 0.407 e. The maximum atomic E-state index is 10.9. The Morgan fingerprint density at radius 2 is 2.19 bits per heavy atom. The molecule has 0 spiro atoms. The molecule has 1 heterocycles. The van der Waals surface area contributed by atoms with Crippen molar-refractivity contribution in [2.75, 3.05) is 12.3 Å². The average molecular weight is 237 g/mol. The van der Waals surface area contributed by atoms with Gasteiger partial charge in [0.05, 0.1) is 0 Å². The van der Waals surface area contributed by atoms with E-state index in [0.717, 1.165) is 18.6 Å². The molecule has 3 nitrogen and oxygen atoms in total. The fourth-order valence-electron chi connectivity index (χ4n) is 1.97. The second kappa shape index (κ2) is 5.25. The van der Waals surface area contributed by atoms with E-state index >= 15 is 0 Å². The van der Waals surface area contributed by atoms with Gasteiger partial charge in [0.15, 0.2) is 0 Å². The van der Waals surface area contributed by atoms with E-state index in [1.165, 1.54) is 4.90 Å². The average Bonchev–Trinajstić information content (AvgIpc) is 2.76. The summed E-state index contributed by atoms with van der Waals surface area (Å²) in [6.45, 7) is 0.690. The Morgan fingerprint density at radius 1 is 1.44 bits per heavy atom. The standard InChI is InChI=1S/C12H15NO2S/c14-12(15)13-8-4-5-10(13)9-16-11-6-2-1-3-7-11/h1-3,6-7,10H,4-5,8-9H2,(H,14,15)/t10-/m0/s1. The lowest BCUT2D eigenvalue weighted by Crippen LogP contribution is -2.35. The fraction of sp³-hybridized carbons (Fsp3) is 0.417. The third-order valence-electron chi connectivity index (χ3n) is 2.81. The van der Waals surface area contributed by atoms with E-state index in [9.17, 15) is 4.79 Å². The summed E-state index contributed by atoms with van der Waals surface area (Å²) >= 11 is 1.73. The molecule has 0 radical (unpaired) electrons. The van der Waals surface area contributed by atoms with Crippen LogP contribution in [-0.4, -0.2) is 34.4 Å². The molecule has 16 heavy (non-hydrogen) atoms. The lowest BCUT2D eigenvalue weighted by atomic mass is 10.2. The zero-order valence-electron chi connectivity index (χ0n) is 9.00. The lowest BCUT2D eigenvalue weighted by Gasteiger charge is -2.20. The second-order valence-corrected chi connectivity index (χ2v) is 4.99. The SMILES string of the molecule is O=C(O)N1CCC[C@H]1CSc1ccccc1. The van der Waals surface area contributed by atoms with Gasteiger partial charge in [0.25, 0.3) is 0 Å². The first-order valence-electron chi connectivity index (χ1n) is 5.45. The topological polar surface area (TPSA) is 40.5 Å². The molecule has 1 atom stereocenters. The summed E-state index contributed by atoms with van der Waals surface area (Å²) in [5, 5.41) is 9.00. The van der Waals surface area contributed by atoms with Crippen LogP contribution in [0.5, 0.6) is 0 Å². The molecule has 0 saturated carbocycles. The molecule has 0 bridgehead atoms. The summed E-state index contributed by atoms with van der Waals surface area (Å²) in [5.41, 5.74) is 0. The molecule has 1 amide bonds. The second-order valence-electron chi connectivity index (χ2n) is 3.90. The van der Waals surface area contributed by atoms with Crippen LogP contribution < -0.4 is 0 Å². The highest BCUT2D eigenvalue weighted by atomic mass is 32.2. The van der Waals surface area contributed by atoms with Gasteiger partial charge in [0.2, 0.25) is 0 Å². The van der Waals surface area contributed by atoms with E-state index < -0.39 is 6.09 Å². The third kappa shape index (κ3) is 2.70. The van der Waals surface area contributed by atoms with Gasteiger partial charge in [-0.2, -0.15) is 0 Å². The molecule has 0 aromatic heterocycles. The molecule has 1 aromatic carbocycles. The maximum Gasteiger partial charge on any atom is 0.407 e. The van der Waals surface area contributed by atoms with Gasteiger partial charge < -0.3 is 10.0 Å². The van der Waals surface area contributed by atoms with Crippen LogP contribution in [0, 0.1) is 0 Å². The largest absolute Gasteiger partial charge is 0.465 e. The molecule has 4 heteroatoms. The van der Waals surface area contributed by atoms with Crippen LogP contribution in [0.2, 0.25) is 0 Å². The van der Waals surface area contributed by atoms with Crippen molar-refractivity contribution in [1.82, 2.24) is 4.90 Å². The van der Waals surface area contributed by atoms with Gasteiger partial charge in [-0.15, -0.1) is 11.8 Å². The van der Waals surface area contributed by atoms with Crippen LogP contribution >= 0.6 is 11.8 Å². The number of amides is 1. The number of likely N-dealkylation sites (tertiary alicyclic amines) is 1. The Hall–Kier alpha value is -1.16. The van der Waals surface area contributed by atoms with E-state index in [0.29, 0.717) is 6.54 Å². The molecule has 86 valence electrons. The first-order chi connectivity index (χ1) is 7.77. The normalized spacial score (nSPS) is 20.0. The summed E-state index contributed by atoms with van der Waals surface area (Å²) in [4.78, 5) is 13.7. The van der Waals surface area contributed by atoms with Crippen LogP contribution in [0.4, 0.5) is 4.79 Å². The minimum atomic E-state index is -0.781. The van der Waals surface area contributed by atoms with Crippen molar-refractivity contribution in [3.63, 3.8) is 0 Å². The first kappa shape index (κ1) is 11.3. The van der Waals surface area contributed by atoms with Crippen molar-refractivity contribution < 1.29 is 9.90 Å². The summed E-state index contributed by atoms with van der Waals surface area (Å²) in [5.74, 6) is 0.857. The van der Waals surface area contributed by atoms with Crippen LogP contribution in [0.3, 0.4) is 0 Å². The molecule has 1 saturated heterocycles. The maximum absolute atomic E-state index is 10.9. The predicted octanol–water partition coefficient (Wildman–Crippen LogP) is 2.92. The van der Waals surface area contributed by atoms with E-state index in [4.69, 9.17) is 5.11 Å². The number of thioether (sulfide) groups is 1. The molecule has 1 fully saturated rings. The Labute approximate surface area is 99.5 Å². The van der Waals surface area contributed by atoms with Crippen LogP contribution in [0.15, 0.2) is 35.2 Å². The van der Waals surface area contributed by atoms with E-state index in [1.807, 2.05) is 18.2 Å². The van der Waals surface area contributed by atoms with Crippen LogP contribution in [-0.2, 0) is 0 Å². The predicted molar refractivity (Wildman–Crippen MR) is 64.9 cm³/mol. The number of carboxylic acid groups (broad SMARTS) is 1. The van der Waals surface area contributed by atoms with Gasteiger partial charge in [-0.1, -0.05) is 18.2 Å². The highest BCUT2D eigenvalue weighted by Gasteiger charge is 2.28. The minimum absolute atomic E-state index is 0.183. The molecule has 0 aliphatic carbocycles. The lowest BCUT2D eigenvalue weighted by molar-refractivity contribution is 0.144. The Kier molecular flexibility index (Phi) is 3.72. The highest BCUT2D eigenvalue weighted by molar-refractivity contribution is 7.99. The van der Waals surface area contributed by atoms with E-state index in [-0.39, 0.29) is 6.04 Å². The van der Waals surface area contributed by atoms with Crippen molar-refractivity contribution in [3.8, 4) is 0 Å². The van der Waals surface area contributed by atoms with Crippen molar-refractivity contribution in [2.45, 2.75) is 23.8 Å². The molecule has 1 N–H and O–H groups in total. The molecule has 0 unspecified atom stereocenters. The number of hydrogen-bond donors (Lipinski definition) is 1. The van der Waals surface area contributed by atoms with Gasteiger partial charge in [-0.3, -0.25) is 0 Å². The number of carbonyl (C=O) groups is 1. The third-order valence-corrected chi connectivity index (χ3v) is 3.97. The number of hydrogen-bond acceptors (Lipinski definition) is 2. The minimum Gasteiger partial charge on any atom is -0.465 e. The van der Waals surface area contributed by atoms with Crippen molar-refractivity contribution in [2.24, 2.45) is 0 Å². The van der Waals surface area contributed by atoms with Crippen LogP contribution in [0.1, 0.15) is 12.8 Å². The van der Waals surface area contributed by atoms with Crippen molar-refractivity contribution >= 4 is 17.9 Å². The Balaban J connectivity index is 1.88. The van der Waals surface area contributed by atoms with Gasteiger partial charge >= 0.3 is 6.09 Å². The quantitative estimate of drug-likeness (QED) is 0.822. The fourth-order valence-corrected chi connectivity index (χ4v) is 3.05. The zero-order valence-corrected chi connectivity index (χ0v) is 9.82. The molecule has 1 aromatic rings. The first-order valence-corrected chi connectivity index (χ1v) is 6.43. The number of rotatable bonds is 3. The highest BCUT2D eigenvalue weighted by Crippen LogP contribution is 2.25. The molecule has 2 rings (SSSR count). The Bertz CT molecular complexity index is 355. The summed E-state index contributed by atoms with van der Waals surface area (Å²) < 4.78 is 0. The molecular weight excluding hydrogens is 222 g/mol. The zero-order chi connectivity index (χ0) is 11.4. The molecular formula is C12H15NO2S. The van der Waals surface area contributed by atoms with Crippen molar-refractivity contribution in [3.05, 3.63) is 30.3 Å². The summed E-state index contributed by atoms with van der Waals surface area (Å²) in [7, 11) is 0. The van der Waals surface area contributed by atoms with Gasteiger partial charge in [0, 0.05) is 23.2 Å². The summed E-state index contributed by atoms with van der Waals surface area (Å²) in [6, 6.07) is 10.3. The van der Waals surface area contributed by atoms with Gasteiger partial charge in [-0.05, 0) is 25.0 Å². The van der Waals surface area contributed by atoms with E-state index in [1.54, 1.807) is 16.7 Å². The molecule has 1 aliphatic heterocycles. The number of benzene rings is 1. The van der Waals surface area contributed by atoms with Gasteiger partial charge in [-0.25, -0.2) is 4.79 Å². The van der Waals surface area contributed by atoms with E-state index in [2.05, 4.69) is 12.1 Å².